The highest BCUT2D eigenvalue weighted by Crippen LogP contribution is 2.26. The van der Waals surface area contributed by atoms with Gasteiger partial charge in [-0.15, -0.1) is 11.3 Å². The molecule has 0 aliphatic rings. The number of halogens is 1. The van der Waals surface area contributed by atoms with Crippen LogP contribution in [0.3, 0.4) is 0 Å². The van der Waals surface area contributed by atoms with Crippen molar-refractivity contribution in [1.29, 1.82) is 0 Å². The summed E-state index contributed by atoms with van der Waals surface area (Å²) in [5.74, 6) is 0.0277. The third-order valence-electron chi connectivity index (χ3n) is 2.49. The molecule has 0 unspecified atom stereocenters. The molecule has 3 aromatic heterocycles. The summed E-state index contributed by atoms with van der Waals surface area (Å²) in [4.78, 5) is 20.2. The van der Waals surface area contributed by atoms with Gasteiger partial charge in [-0.1, -0.05) is 0 Å². The highest BCUT2D eigenvalue weighted by atomic mass is 79.9. The fourth-order valence-electron chi connectivity index (χ4n) is 1.71. The second kappa shape index (κ2) is 4.09. The first-order valence-corrected chi connectivity index (χ1v) is 6.59. The number of thiophene rings is 1. The van der Waals surface area contributed by atoms with Gasteiger partial charge in [-0.25, -0.2) is 4.98 Å². The Bertz CT molecular complexity index is 701. The molecule has 0 saturated heterocycles. The van der Waals surface area contributed by atoms with Gasteiger partial charge in [-0.3, -0.25) is 4.79 Å². The number of fused-ring (bicyclic) bond motifs is 1. The first-order valence-electron chi connectivity index (χ1n) is 4.98. The van der Waals surface area contributed by atoms with Crippen LogP contribution in [0.25, 0.3) is 11.0 Å². The van der Waals surface area contributed by atoms with Crippen molar-refractivity contribution in [1.82, 2.24) is 9.97 Å². The number of nitrogens with zero attached hydrogens (tertiary/aromatic N) is 1. The Balaban J connectivity index is 2.13. The molecule has 0 aromatic carbocycles. The summed E-state index contributed by atoms with van der Waals surface area (Å²) in [6.45, 7) is 0. The standard InChI is InChI=1S/C12H7BrN2OS/c13-10-4-3-9(17-10)11(16)8-6-15-12-7(8)2-1-5-14-12/h1-6H,(H,14,15). The molecule has 0 aliphatic heterocycles. The SMILES string of the molecule is O=C(c1ccc(Br)s1)c1c[nH]c2ncccc12. The molecule has 0 spiro atoms. The monoisotopic (exact) mass is 306 g/mol. The molecule has 0 atom stereocenters. The molecular formula is C12H7BrN2OS. The minimum Gasteiger partial charge on any atom is -0.345 e. The fraction of sp³-hybridized carbons (Fsp3) is 0. The van der Waals surface area contributed by atoms with E-state index in [4.69, 9.17) is 0 Å². The molecule has 0 amide bonds. The van der Waals surface area contributed by atoms with Gasteiger partial charge in [-0.05, 0) is 40.2 Å². The summed E-state index contributed by atoms with van der Waals surface area (Å²) >= 11 is 4.80. The molecule has 5 heteroatoms. The second-order valence-corrected chi connectivity index (χ2v) is 6.00. The average molecular weight is 307 g/mol. The predicted molar refractivity (Wildman–Crippen MR) is 71.5 cm³/mol. The van der Waals surface area contributed by atoms with Gasteiger partial charge in [0.2, 0.25) is 5.78 Å². The predicted octanol–water partition coefficient (Wildman–Crippen LogP) is 3.62. The highest BCUT2D eigenvalue weighted by Gasteiger charge is 2.15. The van der Waals surface area contributed by atoms with Crippen molar-refractivity contribution in [3.63, 3.8) is 0 Å². The number of rotatable bonds is 2. The molecule has 0 fully saturated rings. The quantitative estimate of drug-likeness (QED) is 0.735. The number of aromatic amines is 1. The fourth-order valence-corrected chi connectivity index (χ4v) is 3.05. The summed E-state index contributed by atoms with van der Waals surface area (Å²) in [5.41, 5.74) is 1.41. The van der Waals surface area contributed by atoms with Crippen LogP contribution in [-0.4, -0.2) is 15.8 Å². The third kappa shape index (κ3) is 1.81. The molecule has 3 aromatic rings. The van der Waals surface area contributed by atoms with Crippen molar-refractivity contribution in [3.05, 3.63) is 50.9 Å². The maximum atomic E-state index is 12.3. The molecule has 84 valence electrons. The normalized spacial score (nSPS) is 10.9. The highest BCUT2D eigenvalue weighted by molar-refractivity contribution is 9.11. The lowest BCUT2D eigenvalue weighted by Gasteiger charge is -1.94. The minimum atomic E-state index is 0.0277. The third-order valence-corrected chi connectivity index (χ3v) is 4.12. The van der Waals surface area contributed by atoms with E-state index in [9.17, 15) is 4.79 Å². The number of nitrogens with one attached hydrogen (secondary N) is 1. The summed E-state index contributed by atoms with van der Waals surface area (Å²) in [5, 5.41) is 0.863. The molecule has 3 rings (SSSR count). The van der Waals surface area contributed by atoms with E-state index in [1.807, 2.05) is 24.3 Å². The Kier molecular flexibility index (Phi) is 2.57. The van der Waals surface area contributed by atoms with E-state index < -0.39 is 0 Å². The van der Waals surface area contributed by atoms with Crippen LogP contribution >= 0.6 is 27.3 Å². The lowest BCUT2D eigenvalue weighted by molar-refractivity contribution is 0.104. The molecule has 1 N–H and O–H groups in total. The Hall–Kier alpha value is -1.46. The van der Waals surface area contributed by atoms with Crippen molar-refractivity contribution >= 4 is 44.1 Å². The summed E-state index contributed by atoms with van der Waals surface area (Å²) in [6.07, 6.45) is 3.42. The lowest BCUT2D eigenvalue weighted by Crippen LogP contribution is -1.96. The van der Waals surface area contributed by atoms with E-state index in [0.717, 1.165) is 19.7 Å². The first-order chi connectivity index (χ1) is 8.25. The van der Waals surface area contributed by atoms with E-state index in [1.54, 1.807) is 12.4 Å². The van der Waals surface area contributed by atoms with Crippen LogP contribution in [0.5, 0.6) is 0 Å². The molecule has 0 radical (unpaired) electrons. The zero-order valence-electron chi connectivity index (χ0n) is 8.61. The smallest absolute Gasteiger partial charge is 0.205 e. The number of H-pyrrole nitrogens is 1. The van der Waals surface area contributed by atoms with Crippen molar-refractivity contribution < 1.29 is 4.79 Å². The van der Waals surface area contributed by atoms with Gasteiger partial charge < -0.3 is 4.98 Å². The summed E-state index contributed by atoms with van der Waals surface area (Å²) < 4.78 is 0.957. The molecule has 0 aliphatic carbocycles. The number of carbonyl (C=O) groups is 1. The zero-order valence-corrected chi connectivity index (χ0v) is 11.0. The van der Waals surface area contributed by atoms with E-state index in [2.05, 4.69) is 25.9 Å². The lowest BCUT2D eigenvalue weighted by atomic mass is 10.1. The number of pyridine rings is 1. The van der Waals surface area contributed by atoms with Crippen molar-refractivity contribution in [3.8, 4) is 0 Å². The van der Waals surface area contributed by atoms with Crippen molar-refractivity contribution in [2.24, 2.45) is 0 Å². The van der Waals surface area contributed by atoms with Gasteiger partial charge >= 0.3 is 0 Å². The topological polar surface area (TPSA) is 45.8 Å². The summed E-state index contributed by atoms with van der Waals surface area (Å²) in [6, 6.07) is 7.43. The Labute approximate surface area is 110 Å². The molecule has 0 saturated carbocycles. The largest absolute Gasteiger partial charge is 0.345 e. The molecule has 3 nitrogen and oxygen atoms in total. The summed E-state index contributed by atoms with van der Waals surface area (Å²) in [7, 11) is 0. The molecule has 0 bridgehead atoms. The van der Waals surface area contributed by atoms with Crippen LogP contribution in [0, 0.1) is 0 Å². The van der Waals surface area contributed by atoms with Gasteiger partial charge in [0.05, 0.1) is 14.2 Å². The number of carbonyl (C=O) groups excluding carboxylic acids is 1. The van der Waals surface area contributed by atoms with E-state index in [-0.39, 0.29) is 5.78 Å². The maximum Gasteiger partial charge on any atom is 0.205 e. The Morgan fingerprint density at radius 2 is 2.24 bits per heavy atom. The average Bonchev–Trinajstić information content (AvgIpc) is 2.94. The van der Waals surface area contributed by atoms with Crippen LogP contribution in [0.1, 0.15) is 15.2 Å². The van der Waals surface area contributed by atoms with Gasteiger partial charge in [0, 0.05) is 17.8 Å². The zero-order chi connectivity index (χ0) is 11.8. The molecular weight excluding hydrogens is 300 g/mol. The second-order valence-electron chi connectivity index (χ2n) is 3.53. The van der Waals surface area contributed by atoms with Crippen LogP contribution < -0.4 is 0 Å². The van der Waals surface area contributed by atoms with Gasteiger partial charge in [0.25, 0.3) is 0 Å². The van der Waals surface area contributed by atoms with Crippen molar-refractivity contribution in [2.45, 2.75) is 0 Å². The number of aromatic nitrogens is 2. The van der Waals surface area contributed by atoms with Crippen LogP contribution in [0.15, 0.2) is 40.4 Å². The van der Waals surface area contributed by atoms with Crippen LogP contribution in [-0.2, 0) is 0 Å². The van der Waals surface area contributed by atoms with E-state index >= 15 is 0 Å². The maximum absolute atomic E-state index is 12.3. The minimum absolute atomic E-state index is 0.0277. The number of hydrogen-bond acceptors (Lipinski definition) is 3. The van der Waals surface area contributed by atoms with Crippen LogP contribution in [0.4, 0.5) is 0 Å². The van der Waals surface area contributed by atoms with E-state index in [0.29, 0.717) is 5.56 Å². The van der Waals surface area contributed by atoms with Gasteiger partial charge in [-0.2, -0.15) is 0 Å². The van der Waals surface area contributed by atoms with Gasteiger partial charge in [0.1, 0.15) is 5.65 Å². The molecule has 17 heavy (non-hydrogen) atoms. The Morgan fingerprint density at radius 1 is 1.35 bits per heavy atom. The molecule has 3 heterocycles. The first kappa shape index (κ1) is 10.7. The van der Waals surface area contributed by atoms with Gasteiger partial charge in [0.15, 0.2) is 0 Å². The number of hydrogen-bond donors (Lipinski definition) is 1. The number of ketones is 1. The Morgan fingerprint density at radius 3 is 3.00 bits per heavy atom. The van der Waals surface area contributed by atoms with Crippen LogP contribution in [0.2, 0.25) is 0 Å². The van der Waals surface area contributed by atoms with Crippen molar-refractivity contribution in [2.75, 3.05) is 0 Å². The van der Waals surface area contributed by atoms with E-state index in [1.165, 1.54) is 11.3 Å².